The summed E-state index contributed by atoms with van der Waals surface area (Å²) < 4.78 is 46.1. The van der Waals surface area contributed by atoms with Crippen molar-refractivity contribution in [3.63, 3.8) is 0 Å². The number of anilines is 3. The Labute approximate surface area is 188 Å². The summed E-state index contributed by atoms with van der Waals surface area (Å²) in [5.74, 6) is -1.20. The highest BCUT2D eigenvalue weighted by Crippen LogP contribution is 2.37. The molecule has 0 spiro atoms. The number of pyridine rings is 1. The van der Waals surface area contributed by atoms with E-state index >= 15 is 0 Å². The van der Waals surface area contributed by atoms with Crippen molar-refractivity contribution in [2.24, 2.45) is 0 Å². The van der Waals surface area contributed by atoms with Gasteiger partial charge in [0.2, 0.25) is 0 Å². The van der Waals surface area contributed by atoms with Crippen LogP contribution in [0.5, 0.6) is 0 Å². The van der Waals surface area contributed by atoms with E-state index in [1.54, 1.807) is 42.5 Å². The van der Waals surface area contributed by atoms with Gasteiger partial charge in [0.25, 0.3) is 11.8 Å². The van der Waals surface area contributed by atoms with Crippen molar-refractivity contribution in [1.82, 2.24) is 10.3 Å². The van der Waals surface area contributed by atoms with E-state index in [1.807, 2.05) is 0 Å². The molecule has 2 aromatic carbocycles. The van der Waals surface area contributed by atoms with Crippen LogP contribution in [-0.4, -0.2) is 31.0 Å². The van der Waals surface area contributed by atoms with Crippen LogP contribution in [-0.2, 0) is 15.7 Å². The Balaban J connectivity index is 1.95. The van der Waals surface area contributed by atoms with Gasteiger partial charge in [-0.15, -0.1) is 0 Å². The van der Waals surface area contributed by atoms with E-state index < -0.39 is 29.7 Å². The van der Waals surface area contributed by atoms with E-state index in [1.165, 1.54) is 26.3 Å². The number of nitrogens with zero attached hydrogens (tertiary/aromatic N) is 1. The largest absolute Gasteiger partial charge is 0.419 e. The van der Waals surface area contributed by atoms with Gasteiger partial charge < -0.3 is 20.7 Å². The highest BCUT2D eigenvalue weighted by molar-refractivity contribution is 6.00. The van der Waals surface area contributed by atoms with Gasteiger partial charge in [-0.05, 0) is 17.7 Å². The van der Waals surface area contributed by atoms with Crippen molar-refractivity contribution >= 4 is 29.0 Å². The predicted octanol–water partition coefficient (Wildman–Crippen LogP) is 4.53. The molecule has 1 unspecified atom stereocenters. The minimum atomic E-state index is -4.72. The Morgan fingerprint density at radius 2 is 1.67 bits per heavy atom. The number of halogens is 3. The van der Waals surface area contributed by atoms with Gasteiger partial charge in [0, 0.05) is 26.4 Å². The van der Waals surface area contributed by atoms with E-state index in [-0.39, 0.29) is 22.8 Å². The molecule has 0 aliphatic rings. The summed E-state index contributed by atoms with van der Waals surface area (Å²) in [6, 6.07) is 15.8. The van der Waals surface area contributed by atoms with Gasteiger partial charge in [-0.1, -0.05) is 42.5 Å². The van der Waals surface area contributed by atoms with Crippen molar-refractivity contribution in [3.05, 3.63) is 83.6 Å². The zero-order valence-corrected chi connectivity index (χ0v) is 17.7. The number of aromatic nitrogens is 1. The first kappa shape index (κ1) is 23.7. The molecule has 10 heteroatoms. The van der Waals surface area contributed by atoms with Gasteiger partial charge in [-0.2, -0.15) is 13.2 Å². The molecule has 1 atom stereocenters. The molecule has 0 saturated heterocycles. The van der Waals surface area contributed by atoms with Crippen LogP contribution in [0.15, 0.2) is 66.9 Å². The Hall–Kier alpha value is -3.92. The van der Waals surface area contributed by atoms with Crippen LogP contribution in [0.4, 0.5) is 30.4 Å². The number of para-hydroxylation sites is 1. The zero-order chi connectivity index (χ0) is 24.0. The quantitative estimate of drug-likeness (QED) is 0.484. The number of carbonyl (C=O) groups excluding carboxylic acids is 2. The number of amides is 2. The second-order valence-corrected chi connectivity index (χ2v) is 6.88. The number of benzene rings is 2. The van der Waals surface area contributed by atoms with E-state index in [0.717, 1.165) is 6.07 Å². The average molecular weight is 458 g/mol. The minimum absolute atomic E-state index is 0.120. The monoisotopic (exact) mass is 458 g/mol. The van der Waals surface area contributed by atoms with Crippen molar-refractivity contribution in [1.29, 1.82) is 0 Å². The molecule has 0 aliphatic heterocycles. The Morgan fingerprint density at radius 3 is 2.30 bits per heavy atom. The Kier molecular flexibility index (Phi) is 7.29. The normalized spacial score (nSPS) is 12.0. The highest BCUT2D eigenvalue weighted by Gasteiger charge is 2.35. The number of methoxy groups -OCH3 is 1. The third-order valence-corrected chi connectivity index (χ3v) is 4.70. The van der Waals surface area contributed by atoms with Crippen molar-refractivity contribution in [2.45, 2.75) is 12.3 Å². The molecule has 3 rings (SSSR count). The van der Waals surface area contributed by atoms with Crippen LogP contribution in [0.3, 0.4) is 0 Å². The smallest absolute Gasteiger partial charge is 0.367 e. The molecule has 0 bridgehead atoms. The van der Waals surface area contributed by atoms with Gasteiger partial charge >= 0.3 is 6.18 Å². The van der Waals surface area contributed by atoms with Gasteiger partial charge in [0.15, 0.2) is 6.10 Å². The first-order chi connectivity index (χ1) is 15.7. The average Bonchev–Trinajstić information content (AvgIpc) is 2.79. The topological polar surface area (TPSA) is 92.4 Å². The number of alkyl halides is 3. The lowest BCUT2D eigenvalue weighted by molar-refractivity contribution is -0.137. The lowest BCUT2D eigenvalue weighted by Crippen LogP contribution is -2.23. The Morgan fingerprint density at radius 1 is 1.00 bits per heavy atom. The fourth-order valence-corrected chi connectivity index (χ4v) is 3.14. The van der Waals surface area contributed by atoms with Crippen molar-refractivity contribution < 1.29 is 27.5 Å². The molecule has 2 amide bonds. The fraction of sp³-hybridized carbons (Fsp3) is 0.174. The van der Waals surface area contributed by atoms with Crippen LogP contribution in [0, 0.1) is 0 Å². The SMILES string of the molecule is CNC(=O)c1ccccc1Nc1cc(NC(=O)C(OC)c2ccccc2)ncc1C(F)(F)F. The summed E-state index contributed by atoms with van der Waals surface area (Å²) >= 11 is 0. The van der Waals surface area contributed by atoms with Crippen LogP contribution >= 0.6 is 0 Å². The number of nitrogens with one attached hydrogen (secondary N) is 3. The van der Waals surface area contributed by atoms with E-state index in [4.69, 9.17) is 4.74 Å². The molecular weight excluding hydrogens is 437 g/mol. The molecule has 0 fully saturated rings. The fourth-order valence-electron chi connectivity index (χ4n) is 3.14. The summed E-state index contributed by atoms with van der Waals surface area (Å²) in [4.78, 5) is 28.6. The van der Waals surface area contributed by atoms with Gasteiger partial charge in [-0.3, -0.25) is 9.59 Å². The molecule has 0 radical (unpaired) electrons. The van der Waals surface area contributed by atoms with E-state index in [2.05, 4.69) is 20.9 Å². The third kappa shape index (κ3) is 5.66. The number of hydrogen-bond donors (Lipinski definition) is 3. The summed E-state index contributed by atoms with van der Waals surface area (Å²) in [7, 11) is 2.76. The molecule has 172 valence electrons. The summed E-state index contributed by atoms with van der Waals surface area (Å²) in [5, 5.41) is 7.57. The highest BCUT2D eigenvalue weighted by atomic mass is 19.4. The maximum Gasteiger partial charge on any atom is 0.419 e. The molecule has 1 aromatic heterocycles. The van der Waals surface area contributed by atoms with Crippen LogP contribution in [0.25, 0.3) is 0 Å². The van der Waals surface area contributed by atoms with Crippen molar-refractivity contribution in [2.75, 3.05) is 24.8 Å². The zero-order valence-electron chi connectivity index (χ0n) is 17.7. The lowest BCUT2D eigenvalue weighted by Gasteiger charge is -2.19. The molecule has 0 saturated carbocycles. The second kappa shape index (κ2) is 10.1. The third-order valence-electron chi connectivity index (χ3n) is 4.70. The van der Waals surface area contributed by atoms with Crippen LogP contribution in [0.2, 0.25) is 0 Å². The lowest BCUT2D eigenvalue weighted by atomic mass is 10.1. The maximum atomic E-state index is 13.6. The molecule has 3 aromatic rings. The summed E-state index contributed by atoms with van der Waals surface area (Å²) in [5.41, 5.74) is -0.553. The number of ether oxygens (including phenoxy) is 1. The molecule has 33 heavy (non-hydrogen) atoms. The maximum absolute atomic E-state index is 13.6. The standard InChI is InChI=1S/C23H21F3N4O3/c1-27-21(31)15-10-6-7-11-17(15)29-18-12-19(28-13-16(18)23(24,25)26)30-22(32)20(33-2)14-8-4-3-5-9-14/h3-13,20H,1-2H3,(H,27,31)(H2,28,29,30,32). The number of rotatable bonds is 7. The summed E-state index contributed by atoms with van der Waals surface area (Å²) in [6.45, 7) is 0. The van der Waals surface area contributed by atoms with Gasteiger partial charge in [0.1, 0.15) is 5.82 Å². The van der Waals surface area contributed by atoms with E-state index in [9.17, 15) is 22.8 Å². The van der Waals surface area contributed by atoms with Crippen LogP contribution < -0.4 is 16.0 Å². The first-order valence-corrected chi connectivity index (χ1v) is 9.78. The minimum Gasteiger partial charge on any atom is -0.367 e. The molecular formula is C23H21F3N4O3. The number of carbonyl (C=O) groups is 2. The predicted molar refractivity (Wildman–Crippen MR) is 117 cm³/mol. The van der Waals surface area contributed by atoms with Gasteiger partial charge in [-0.25, -0.2) is 4.98 Å². The molecule has 7 nitrogen and oxygen atoms in total. The van der Waals surface area contributed by atoms with Gasteiger partial charge in [0.05, 0.1) is 22.5 Å². The van der Waals surface area contributed by atoms with E-state index in [0.29, 0.717) is 11.8 Å². The molecule has 3 N–H and O–H groups in total. The molecule has 0 aliphatic carbocycles. The Bertz CT molecular complexity index is 1140. The molecule has 1 heterocycles. The number of hydrogen-bond acceptors (Lipinski definition) is 5. The van der Waals surface area contributed by atoms with Crippen LogP contribution in [0.1, 0.15) is 27.6 Å². The van der Waals surface area contributed by atoms with Crippen molar-refractivity contribution in [3.8, 4) is 0 Å². The summed E-state index contributed by atoms with van der Waals surface area (Å²) in [6.07, 6.45) is -5.09. The second-order valence-electron chi connectivity index (χ2n) is 6.88. The first-order valence-electron chi connectivity index (χ1n) is 9.78.